The molecule has 4 heteroatoms. The minimum Gasteiger partial charge on any atom is -0.337 e. The molecule has 136 valence electrons. The zero-order valence-electron chi connectivity index (χ0n) is 15.3. The molecular weight excluding hydrogens is 315 g/mol. The van der Waals surface area contributed by atoms with Crippen molar-refractivity contribution in [2.45, 2.75) is 57.0 Å². The summed E-state index contributed by atoms with van der Waals surface area (Å²) in [5, 5.41) is 0. The summed E-state index contributed by atoms with van der Waals surface area (Å²) in [5.41, 5.74) is 1.04. The monoisotopic (exact) mass is 344 g/mol. The minimum absolute atomic E-state index is 0.178. The topological polar surface area (TPSA) is 23.6 Å². The summed E-state index contributed by atoms with van der Waals surface area (Å²) in [6, 6.07) is 7.59. The summed E-state index contributed by atoms with van der Waals surface area (Å²) >= 11 is 0. The van der Waals surface area contributed by atoms with Crippen molar-refractivity contribution in [2.24, 2.45) is 11.8 Å². The van der Waals surface area contributed by atoms with Gasteiger partial charge in [-0.3, -0.25) is 4.79 Å². The number of amides is 1. The molecule has 2 heterocycles. The molecule has 5 atom stereocenters. The third-order valence-electron chi connectivity index (χ3n) is 6.60. The number of fused-ring (bicyclic) bond motifs is 1. The van der Waals surface area contributed by atoms with Gasteiger partial charge in [-0.1, -0.05) is 31.9 Å². The quantitative estimate of drug-likeness (QED) is 0.818. The number of carbonyl (C=O) groups is 1. The van der Waals surface area contributed by atoms with E-state index in [4.69, 9.17) is 0 Å². The molecule has 0 spiro atoms. The fourth-order valence-corrected chi connectivity index (χ4v) is 5.04. The van der Waals surface area contributed by atoms with Crippen molar-refractivity contribution in [3.63, 3.8) is 0 Å². The van der Waals surface area contributed by atoms with E-state index in [0.29, 0.717) is 17.9 Å². The van der Waals surface area contributed by atoms with E-state index in [1.54, 1.807) is 12.1 Å². The summed E-state index contributed by atoms with van der Waals surface area (Å²) in [6.45, 7) is 3.95. The Morgan fingerprint density at radius 2 is 2.04 bits per heavy atom. The van der Waals surface area contributed by atoms with Gasteiger partial charge in [0.05, 0.1) is 6.04 Å². The molecule has 1 saturated carbocycles. The standard InChI is InChI=1S/C21H29FN2O/c1-14-11-17(14)21(25)24-10-5-3-4-9-19-20(24)18(13-23(19)2)15-7-6-8-16(22)12-15/h6-8,12,14,17-20H,3-5,9-11,13H2,1-2H3/t14-,17-,18+,19-,20+/m1/s1. The van der Waals surface area contributed by atoms with Crippen LogP contribution in [0.4, 0.5) is 4.39 Å². The number of likely N-dealkylation sites (N-methyl/N-ethyl adjacent to an activating group) is 1. The van der Waals surface area contributed by atoms with E-state index in [1.165, 1.54) is 18.9 Å². The van der Waals surface area contributed by atoms with E-state index in [9.17, 15) is 9.18 Å². The van der Waals surface area contributed by atoms with Crippen molar-refractivity contribution < 1.29 is 9.18 Å². The maximum atomic E-state index is 13.8. The fraction of sp³-hybridized carbons (Fsp3) is 0.667. The van der Waals surface area contributed by atoms with Crippen LogP contribution in [0.2, 0.25) is 0 Å². The third kappa shape index (κ3) is 3.21. The molecule has 0 radical (unpaired) electrons. The number of rotatable bonds is 2. The molecule has 1 aromatic rings. The molecule has 3 fully saturated rings. The molecule has 1 amide bonds. The maximum absolute atomic E-state index is 13.8. The zero-order chi connectivity index (χ0) is 17.6. The van der Waals surface area contributed by atoms with Gasteiger partial charge in [-0.15, -0.1) is 0 Å². The largest absolute Gasteiger partial charge is 0.337 e. The number of likely N-dealkylation sites (tertiary alicyclic amines) is 2. The first-order chi connectivity index (χ1) is 12.1. The summed E-state index contributed by atoms with van der Waals surface area (Å²) in [4.78, 5) is 17.8. The Balaban J connectivity index is 1.68. The molecule has 0 N–H and O–H groups in total. The first-order valence-corrected chi connectivity index (χ1v) is 9.82. The molecule has 1 aromatic carbocycles. The Hall–Kier alpha value is -1.42. The van der Waals surface area contributed by atoms with E-state index >= 15 is 0 Å². The van der Waals surface area contributed by atoms with E-state index < -0.39 is 0 Å². The lowest BCUT2D eigenvalue weighted by molar-refractivity contribution is -0.136. The molecule has 25 heavy (non-hydrogen) atoms. The molecular formula is C21H29FN2O. The number of benzene rings is 1. The van der Waals surface area contributed by atoms with Crippen molar-refractivity contribution in [3.05, 3.63) is 35.6 Å². The van der Waals surface area contributed by atoms with Crippen LogP contribution in [0.3, 0.4) is 0 Å². The van der Waals surface area contributed by atoms with Gasteiger partial charge in [0.1, 0.15) is 5.82 Å². The summed E-state index contributed by atoms with van der Waals surface area (Å²) < 4.78 is 13.8. The molecule has 0 aromatic heterocycles. The predicted molar refractivity (Wildman–Crippen MR) is 96.8 cm³/mol. The van der Waals surface area contributed by atoms with Crippen LogP contribution in [-0.2, 0) is 4.79 Å². The zero-order valence-corrected chi connectivity index (χ0v) is 15.3. The summed E-state index contributed by atoms with van der Waals surface area (Å²) in [7, 11) is 2.17. The first kappa shape index (κ1) is 17.0. The Kier molecular flexibility index (Phi) is 4.57. The highest BCUT2D eigenvalue weighted by Gasteiger charge is 2.49. The van der Waals surface area contributed by atoms with Gasteiger partial charge in [-0.2, -0.15) is 0 Å². The third-order valence-corrected chi connectivity index (χ3v) is 6.60. The molecule has 3 nitrogen and oxygen atoms in total. The maximum Gasteiger partial charge on any atom is 0.226 e. The lowest BCUT2D eigenvalue weighted by Crippen LogP contribution is -2.51. The smallest absolute Gasteiger partial charge is 0.226 e. The number of carbonyl (C=O) groups excluding carboxylic acids is 1. The van der Waals surface area contributed by atoms with Gasteiger partial charge in [-0.05, 0) is 49.9 Å². The molecule has 0 bridgehead atoms. The van der Waals surface area contributed by atoms with Gasteiger partial charge in [0.15, 0.2) is 0 Å². The number of halogens is 1. The van der Waals surface area contributed by atoms with Gasteiger partial charge in [0.2, 0.25) is 5.91 Å². The summed E-state index contributed by atoms with van der Waals surface area (Å²) in [6.07, 6.45) is 5.69. The van der Waals surface area contributed by atoms with Crippen LogP contribution in [-0.4, -0.2) is 47.9 Å². The van der Waals surface area contributed by atoms with E-state index in [-0.39, 0.29) is 23.7 Å². The Bertz CT molecular complexity index is 649. The Labute approximate surface area is 150 Å². The number of hydrogen-bond donors (Lipinski definition) is 0. The van der Waals surface area contributed by atoms with Crippen molar-refractivity contribution in [1.29, 1.82) is 0 Å². The van der Waals surface area contributed by atoms with Gasteiger partial charge >= 0.3 is 0 Å². The van der Waals surface area contributed by atoms with Crippen molar-refractivity contribution >= 4 is 5.91 Å². The molecule has 3 aliphatic rings. The van der Waals surface area contributed by atoms with Gasteiger partial charge in [0, 0.05) is 31.0 Å². The Morgan fingerprint density at radius 1 is 1.24 bits per heavy atom. The second-order valence-corrected chi connectivity index (χ2v) is 8.36. The van der Waals surface area contributed by atoms with Crippen LogP contribution in [0.15, 0.2) is 24.3 Å². The fourth-order valence-electron chi connectivity index (χ4n) is 5.04. The predicted octanol–water partition coefficient (Wildman–Crippen LogP) is 3.65. The van der Waals surface area contributed by atoms with Crippen LogP contribution in [0, 0.1) is 17.7 Å². The molecule has 0 unspecified atom stereocenters. The number of hydrogen-bond acceptors (Lipinski definition) is 2. The van der Waals surface area contributed by atoms with Crippen molar-refractivity contribution in [1.82, 2.24) is 9.80 Å². The highest BCUT2D eigenvalue weighted by molar-refractivity contribution is 5.82. The minimum atomic E-state index is -0.178. The highest BCUT2D eigenvalue weighted by atomic mass is 19.1. The van der Waals surface area contributed by atoms with E-state index in [0.717, 1.165) is 37.9 Å². The van der Waals surface area contributed by atoms with E-state index in [1.807, 2.05) is 6.07 Å². The average molecular weight is 344 g/mol. The second kappa shape index (κ2) is 6.71. The van der Waals surface area contributed by atoms with Crippen molar-refractivity contribution in [2.75, 3.05) is 20.1 Å². The highest BCUT2D eigenvalue weighted by Crippen LogP contribution is 2.44. The van der Waals surface area contributed by atoms with Gasteiger partial charge < -0.3 is 9.80 Å². The molecule has 4 rings (SSSR count). The van der Waals surface area contributed by atoms with E-state index in [2.05, 4.69) is 23.8 Å². The lowest BCUT2D eigenvalue weighted by Gasteiger charge is -2.39. The first-order valence-electron chi connectivity index (χ1n) is 9.82. The summed E-state index contributed by atoms with van der Waals surface area (Å²) in [5.74, 6) is 1.13. The van der Waals surface area contributed by atoms with Gasteiger partial charge in [-0.25, -0.2) is 4.39 Å². The average Bonchev–Trinajstić information content (AvgIpc) is 3.21. The SMILES string of the molecule is C[C@@H]1C[C@H]1C(=O)N1CCCCC[C@@H]2[C@@H]1[C@H](c1cccc(F)c1)CN2C. The molecule has 2 saturated heterocycles. The van der Waals surface area contributed by atoms with Crippen LogP contribution in [0.1, 0.15) is 50.5 Å². The number of nitrogens with zero attached hydrogens (tertiary/aromatic N) is 2. The van der Waals surface area contributed by atoms with Crippen LogP contribution in [0.25, 0.3) is 0 Å². The van der Waals surface area contributed by atoms with Crippen LogP contribution >= 0.6 is 0 Å². The van der Waals surface area contributed by atoms with Crippen molar-refractivity contribution in [3.8, 4) is 0 Å². The molecule has 2 aliphatic heterocycles. The van der Waals surface area contributed by atoms with Crippen LogP contribution in [0.5, 0.6) is 0 Å². The Morgan fingerprint density at radius 3 is 2.76 bits per heavy atom. The van der Waals surface area contributed by atoms with Gasteiger partial charge in [0.25, 0.3) is 0 Å². The normalized spacial score (nSPS) is 35.8. The molecule has 1 aliphatic carbocycles. The lowest BCUT2D eigenvalue weighted by atomic mass is 9.86. The van der Waals surface area contributed by atoms with Crippen LogP contribution < -0.4 is 0 Å². The second-order valence-electron chi connectivity index (χ2n) is 8.36.